The van der Waals surface area contributed by atoms with Crippen molar-refractivity contribution in [1.82, 2.24) is 0 Å². The number of aliphatic hydroxyl groups excluding tert-OH is 1. The van der Waals surface area contributed by atoms with Gasteiger partial charge in [-0.25, -0.2) is 9.13 Å². The topological polar surface area (TPSA) is 237 Å². The summed E-state index contributed by atoms with van der Waals surface area (Å²) in [5.74, 6) is -0.508. The summed E-state index contributed by atoms with van der Waals surface area (Å²) in [5.41, 5.74) is 0. The number of unbranched alkanes of at least 4 members (excludes halogenated alkanes) is 44. The maximum absolute atomic E-state index is 13.1. The van der Waals surface area contributed by atoms with Crippen molar-refractivity contribution in [2.24, 2.45) is 11.8 Å². The number of phosphoric acid groups is 2. The van der Waals surface area contributed by atoms with E-state index in [0.29, 0.717) is 25.7 Å². The zero-order valence-electron chi connectivity index (χ0n) is 62.0. The Hall–Kier alpha value is -1.94. The molecule has 0 aromatic rings. The van der Waals surface area contributed by atoms with Crippen molar-refractivity contribution in [2.75, 3.05) is 39.6 Å². The summed E-state index contributed by atoms with van der Waals surface area (Å²) in [6.07, 6.45) is 55.2. The van der Waals surface area contributed by atoms with Crippen LogP contribution in [0.15, 0.2) is 0 Å². The molecule has 0 aliphatic heterocycles. The molecule has 564 valence electrons. The van der Waals surface area contributed by atoms with E-state index in [2.05, 4.69) is 41.5 Å². The summed E-state index contributed by atoms with van der Waals surface area (Å²) in [5, 5.41) is 10.6. The molecule has 0 bridgehead atoms. The van der Waals surface area contributed by atoms with Gasteiger partial charge in [-0.15, -0.1) is 0 Å². The van der Waals surface area contributed by atoms with Crippen LogP contribution >= 0.6 is 15.6 Å². The first-order valence-electron chi connectivity index (χ1n) is 39.5. The SMILES string of the molecule is CCCCCCCCCCCCCCCC(=O)O[C@H](COC(=O)CCCCCCCCCCCCC)COP(=O)(O)OC[C@H](O)COP(=O)(O)OC[C@@H](COC(=O)CCCCCCCCCCCCC(C)CC)OC(=O)CCCCCCCCCCCCCCCCC(C)C. The van der Waals surface area contributed by atoms with Crippen molar-refractivity contribution in [3.63, 3.8) is 0 Å². The molecule has 3 N–H and O–H groups in total. The lowest BCUT2D eigenvalue weighted by molar-refractivity contribution is -0.161. The number of hydrogen-bond donors (Lipinski definition) is 3. The molecule has 3 unspecified atom stereocenters. The van der Waals surface area contributed by atoms with E-state index in [-0.39, 0.29) is 25.7 Å². The van der Waals surface area contributed by atoms with Crippen molar-refractivity contribution in [3.8, 4) is 0 Å². The van der Waals surface area contributed by atoms with Gasteiger partial charge in [-0.3, -0.25) is 37.3 Å². The van der Waals surface area contributed by atoms with Crippen LogP contribution in [0.5, 0.6) is 0 Å². The van der Waals surface area contributed by atoms with Crippen molar-refractivity contribution in [2.45, 2.75) is 413 Å². The van der Waals surface area contributed by atoms with Crippen LogP contribution in [0.4, 0.5) is 0 Å². The summed E-state index contributed by atoms with van der Waals surface area (Å²) >= 11 is 0. The van der Waals surface area contributed by atoms with Crippen molar-refractivity contribution in [1.29, 1.82) is 0 Å². The van der Waals surface area contributed by atoms with E-state index < -0.39 is 97.5 Å². The van der Waals surface area contributed by atoms with Crippen LogP contribution in [0.1, 0.15) is 395 Å². The molecule has 0 saturated carbocycles. The first-order chi connectivity index (χ1) is 45.9. The number of rotatable bonds is 75. The summed E-state index contributed by atoms with van der Waals surface area (Å²) in [6, 6.07) is 0. The van der Waals surface area contributed by atoms with E-state index in [0.717, 1.165) is 102 Å². The van der Waals surface area contributed by atoms with Gasteiger partial charge in [0.25, 0.3) is 0 Å². The van der Waals surface area contributed by atoms with Crippen LogP contribution < -0.4 is 0 Å². The predicted molar refractivity (Wildman–Crippen MR) is 386 cm³/mol. The lowest BCUT2D eigenvalue weighted by Gasteiger charge is -2.21. The number of aliphatic hydroxyl groups is 1. The Balaban J connectivity index is 5.26. The lowest BCUT2D eigenvalue weighted by Crippen LogP contribution is -2.30. The molecule has 0 radical (unpaired) electrons. The van der Waals surface area contributed by atoms with Gasteiger partial charge < -0.3 is 33.8 Å². The van der Waals surface area contributed by atoms with Crippen LogP contribution in [0.2, 0.25) is 0 Å². The van der Waals surface area contributed by atoms with Gasteiger partial charge in [-0.1, -0.05) is 343 Å². The molecule has 0 aliphatic carbocycles. The minimum absolute atomic E-state index is 0.108. The zero-order valence-corrected chi connectivity index (χ0v) is 63.8. The van der Waals surface area contributed by atoms with Gasteiger partial charge in [0.15, 0.2) is 12.2 Å². The summed E-state index contributed by atoms with van der Waals surface area (Å²) in [4.78, 5) is 72.8. The van der Waals surface area contributed by atoms with E-state index in [1.165, 1.54) is 212 Å². The lowest BCUT2D eigenvalue weighted by atomic mass is 9.99. The number of esters is 4. The Labute approximate surface area is 581 Å². The van der Waals surface area contributed by atoms with Gasteiger partial charge in [0.05, 0.1) is 26.4 Å². The smallest absolute Gasteiger partial charge is 0.462 e. The average Bonchev–Trinajstić information content (AvgIpc) is 2.17. The number of carbonyl (C=O) groups is 4. The molecule has 19 heteroatoms. The van der Waals surface area contributed by atoms with Gasteiger partial charge in [0.2, 0.25) is 0 Å². The molecule has 0 heterocycles. The quantitative estimate of drug-likeness (QED) is 0.0222. The fourth-order valence-corrected chi connectivity index (χ4v) is 13.2. The van der Waals surface area contributed by atoms with Gasteiger partial charge >= 0.3 is 39.5 Å². The summed E-state index contributed by atoms with van der Waals surface area (Å²) < 4.78 is 68.6. The number of phosphoric ester groups is 2. The van der Waals surface area contributed by atoms with E-state index >= 15 is 0 Å². The second-order valence-electron chi connectivity index (χ2n) is 28.1. The first kappa shape index (κ1) is 93.1. The van der Waals surface area contributed by atoms with E-state index in [4.69, 9.17) is 37.0 Å². The van der Waals surface area contributed by atoms with Gasteiger partial charge in [0, 0.05) is 25.7 Å². The second-order valence-corrected chi connectivity index (χ2v) is 31.0. The van der Waals surface area contributed by atoms with Crippen LogP contribution in [-0.2, 0) is 65.4 Å². The third kappa shape index (κ3) is 69.0. The molecule has 0 aliphatic rings. The minimum atomic E-state index is -4.96. The molecule has 0 aromatic carbocycles. The number of hydrogen-bond acceptors (Lipinski definition) is 15. The highest BCUT2D eigenvalue weighted by atomic mass is 31.2. The molecule has 0 amide bonds. The van der Waals surface area contributed by atoms with Crippen LogP contribution in [0, 0.1) is 11.8 Å². The molecule has 95 heavy (non-hydrogen) atoms. The zero-order chi connectivity index (χ0) is 70.0. The third-order valence-corrected chi connectivity index (χ3v) is 20.0. The van der Waals surface area contributed by atoms with E-state index in [9.17, 15) is 43.2 Å². The number of ether oxygens (including phenoxy) is 4. The third-order valence-electron chi connectivity index (χ3n) is 18.1. The molecule has 0 spiro atoms. The molecule has 0 aromatic heterocycles. The molecular weight excluding hydrogens is 1250 g/mol. The number of carbonyl (C=O) groups excluding carboxylic acids is 4. The highest BCUT2D eigenvalue weighted by molar-refractivity contribution is 7.47. The molecule has 17 nitrogen and oxygen atoms in total. The monoisotopic (exact) mass is 1400 g/mol. The van der Waals surface area contributed by atoms with Crippen LogP contribution in [-0.4, -0.2) is 96.7 Å². The Kier molecular flexibility index (Phi) is 66.5. The Morgan fingerprint density at radius 3 is 0.800 bits per heavy atom. The van der Waals surface area contributed by atoms with Crippen LogP contribution in [0.3, 0.4) is 0 Å². The van der Waals surface area contributed by atoms with Crippen molar-refractivity contribution < 1.29 is 80.2 Å². The van der Waals surface area contributed by atoms with Gasteiger partial charge in [-0.2, -0.15) is 0 Å². The minimum Gasteiger partial charge on any atom is -0.462 e. The second kappa shape index (κ2) is 67.9. The maximum atomic E-state index is 13.1. The predicted octanol–water partition coefficient (Wildman–Crippen LogP) is 22.3. The Morgan fingerprint density at radius 1 is 0.305 bits per heavy atom. The molecule has 0 rings (SSSR count). The largest absolute Gasteiger partial charge is 0.472 e. The summed E-state index contributed by atoms with van der Waals surface area (Å²) in [6.45, 7) is 9.65. The molecular formula is C76H148O17P2. The van der Waals surface area contributed by atoms with E-state index in [1.807, 2.05) is 0 Å². The molecule has 0 saturated heterocycles. The highest BCUT2D eigenvalue weighted by Crippen LogP contribution is 2.45. The van der Waals surface area contributed by atoms with Crippen molar-refractivity contribution >= 4 is 39.5 Å². The molecule has 6 atom stereocenters. The highest BCUT2D eigenvalue weighted by Gasteiger charge is 2.30. The molecule has 0 fully saturated rings. The summed E-state index contributed by atoms with van der Waals surface area (Å²) in [7, 11) is -9.91. The maximum Gasteiger partial charge on any atom is 0.472 e. The average molecular weight is 1400 g/mol. The standard InChI is InChI=1S/C76H148O17P2/c1-7-10-12-14-16-18-20-23-28-36-42-48-54-60-75(80)92-71(64-86-73(78)58-52-46-40-34-26-19-17-15-13-11-8-2)66-90-94(82,83)88-62-70(77)63-89-95(84,85)91-67-72(65-87-74(79)59-53-47-41-35-31-30-33-39-45-51-57-69(6)9-3)93-76(81)61-55-49-43-37-29-25-22-21-24-27-32-38-44-50-56-68(4)5/h68-72,77H,7-67H2,1-6H3,(H,82,83)(H,84,85)/t69?,70-,71+,72+/m0/s1. The van der Waals surface area contributed by atoms with Crippen LogP contribution in [0.25, 0.3) is 0 Å². The van der Waals surface area contributed by atoms with E-state index in [1.54, 1.807) is 0 Å². The van der Waals surface area contributed by atoms with Gasteiger partial charge in [0.1, 0.15) is 19.3 Å². The van der Waals surface area contributed by atoms with Gasteiger partial charge in [-0.05, 0) is 37.5 Å². The Bertz CT molecular complexity index is 1840. The normalized spacial score (nSPS) is 14.3. The fraction of sp³-hybridized carbons (Fsp3) is 0.947. The fourth-order valence-electron chi connectivity index (χ4n) is 11.6. The first-order valence-corrected chi connectivity index (χ1v) is 42.5. The van der Waals surface area contributed by atoms with Crippen molar-refractivity contribution in [3.05, 3.63) is 0 Å². The Morgan fingerprint density at radius 2 is 0.537 bits per heavy atom.